The lowest BCUT2D eigenvalue weighted by Crippen LogP contribution is -2.49. The number of rotatable bonds is 3. The van der Waals surface area contributed by atoms with Gasteiger partial charge in [-0.05, 0) is 58.9 Å². The highest BCUT2D eigenvalue weighted by Gasteiger charge is 2.28. The number of nitrogens with zero attached hydrogens (tertiary/aromatic N) is 4. The molecule has 5 nitrogen and oxygen atoms in total. The van der Waals surface area contributed by atoms with Gasteiger partial charge in [0.1, 0.15) is 11.0 Å². The zero-order valence-corrected chi connectivity index (χ0v) is 15.0. The van der Waals surface area contributed by atoms with Gasteiger partial charge in [-0.2, -0.15) is 0 Å². The summed E-state index contributed by atoms with van der Waals surface area (Å²) < 4.78 is 4.92. The molecule has 1 fully saturated rings. The van der Waals surface area contributed by atoms with E-state index in [1.165, 1.54) is 42.5 Å². The van der Waals surface area contributed by atoms with Gasteiger partial charge in [0, 0.05) is 32.2 Å². The molecule has 0 saturated carbocycles. The maximum atomic E-state index is 4.92. The van der Waals surface area contributed by atoms with Crippen molar-refractivity contribution in [1.29, 1.82) is 0 Å². The predicted octanol–water partition coefficient (Wildman–Crippen LogP) is 3.25. The summed E-state index contributed by atoms with van der Waals surface area (Å²) in [6, 6.07) is 15.7. The van der Waals surface area contributed by atoms with Crippen molar-refractivity contribution >= 4 is 11.0 Å². The van der Waals surface area contributed by atoms with Crippen molar-refractivity contribution in [1.82, 2.24) is 20.1 Å². The SMILES string of the molecule is c1ccc2c(c1)CCN(C1CCCN(Cc3cccc4nonc34)C1)C2. The maximum absolute atomic E-state index is 4.92. The predicted molar refractivity (Wildman–Crippen MR) is 101 cm³/mol. The van der Waals surface area contributed by atoms with Crippen LogP contribution in [-0.2, 0) is 19.5 Å². The molecule has 0 radical (unpaired) electrons. The highest BCUT2D eigenvalue weighted by atomic mass is 16.6. The smallest absolute Gasteiger partial charge is 0.139 e. The summed E-state index contributed by atoms with van der Waals surface area (Å²) in [5, 5.41) is 8.06. The van der Waals surface area contributed by atoms with Crippen molar-refractivity contribution in [2.75, 3.05) is 19.6 Å². The van der Waals surface area contributed by atoms with Gasteiger partial charge in [0.05, 0.1) is 0 Å². The lowest BCUT2D eigenvalue weighted by atomic mass is 9.96. The van der Waals surface area contributed by atoms with Crippen LogP contribution in [0, 0.1) is 0 Å². The van der Waals surface area contributed by atoms with Crippen LogP contribution in [0.1, 0.15) is 29.5 Å². The first kappa shape index (κ1) is 16.0. The second-order valence-corrected chi connectivity index (χ2v) is 7.57. The molecule has 0 amide bonds. The van der Waals surface area contributed by atoms with E-state index in [0.29, 0.717) is 6.04 Å². The molecule has 5 heteroatoms. The summed E-state index contributed by atoms with van der Waals surface area (Å²) in [4.78, 5) is 5.25. The molecule has 0 spiro atoms. The monoisotopic (exact) mass is 348 g/mol. The van der Waals surface area contributed by atoms with E-state index in [1.54, 1.807) is 0 Å². The summed E-state index contributed by atoms with van der Waals surface area (Å²) in [6.07, 6.45) is 3.74. The van der Waals surface area contributed by atoms with Crippen LogP contribution in [0.2, 0.25) is 0 Å². The highest BCUT2D eigenvalue weighted by Crippen LogP contribution is 2.26. The Morgan fingerprint density at radius 3 is 2.88 bits per heavy atom. The second kappa shape index (κ2) is 6.82. The van der Waals surface area contributed by atoms with Gasteiger partial charge in [0.15, 0.2) is 0 Å². The van der Waals surface area contributed by atoms with Gasteiger partial charge < -0.3 is 0 Å². The third kappa shape index (κ3) is 3.02. The van der Waals surface area contributed by atoms with E-state index >= 15 is 0 Å². The zero-order valence-electron chi connectivity index (χ0n) is 15.0. The fraction of sp³-hybridized carbons (Fsp3) is 0.429. The standard InChI is InChI=1S/C21H24N4O/c1-2-6-17-14-25(12-10-16(17)5-1)19-8-4-11-24(15-19)13-18-7-3-9-20-21(18)23-26-22-20/h1-3,5-7,9,19H,4,8,10-15H2. The van der Waals surface area contributed by atoms with E-state index in [2.05, 4.69) is 50.4 Å². The van der Waals surface area contributed by atoms with Crippen molar-refractivity contribution in [3.8, 4) is 0 Å². The molecule has 1 saturated heterocycles. The lowest BCUT2D eigenvalue weighted by molar-refractivity contribution is 0.0840. The Hall–Kier alpha value is -2.24. The van der Waals surface area contributed by atoms with E-state index in [9.17, 15) is 0 Å². The molecule has 1 aromatic heterocycles. The molecule has 2 aliphatic heterocycles. The molecule has 2 aliphatic rings. The lowest BCUT2D eigenvalue weighted by Gasteiger charge is -2.41. The number of hydrogen-bond acceptors (Lipinski definition) is 5. The quantitative estimate of drug-likeness (QED) is 0.727. The van der Waals surface area contributed by atoms with Crippen molar-refractivity contribution < 1.29 is 4.63 Å². The van der Waals surface area contributed by atoms with Gasteiger partial charge >= 0.3 is 0 Å². The zero-order chi connectivity index (χ0) is 17.3. The van der Waals surface area contributed by atoms with Gasteiger partial charge in [0.2, 0.25) is 0 Å². The molecule has 0 bridgehead atoms. The molecule has 1 unspecified atom stereocenters. The van der Waals surface area contributed by atoms with Crippen LogP contribution in [0.25, 0.3) is 11.0 Å². The molecule has 2 aromatic carbocycles. The molecule has 0 N–H and O–H groups in total. The van der Waals surface area contributed by atoms with Gasteiger partial charge in [-0.25, -0.2) is 4.63 Å². The summed E-state index contributed by atoms with van der Waals surface area (Å²) in [5.74, 6) is 0. The third-order valence-corrected chi connectivity index (χ3v) is 5.92. The third-order valence-electron chi connectivity index (χ3n) is 5.92. The maximum Gasteiger partial charge on any atom is 0.139 e. The summed E-state index contributed by atoms with van der Waals surface area (Å²) >= 11 is 0. The topological polar surface area (TPSA) is 45.4 Å². The van der Waals surface area contributed by atoms with Crippen LogP contribution in [0.4, 0.5) is 0 Å². The first-order valence-electron chi connectivity index (χ1n) is 9.60. The average Bonchev–Trinajstić information content (AvgIpc) is 3.18. The van der Waals surface area contributed by atoms with E-state index < -0.39 is 0 Å². The van der Waals surface area contributed by atoms with Crippen LogP contribution in [-0.4, -0.2) is 45.8 Å². The van der Waals surface area contributed by atoms with Crippen molar-refractivity contribution in [3.05, 3.63) is 59.2 Å². The minimum absolute atomic E-state index is 0.645. The van der Waals surface area contributed by atoms with Gasteiger partial charge in [-0.1, -0.05) is 36.4 Å². The van der Waals surface area contributed by atoms with Crippen LogP contribution >= 0.6 is 0 Å². The number of likely N-dealkylation sites (tertiary alicyclic amines) is 1. The Balaban J connectivity index is 1.29. The molecule has 3 aromatic rings. The summed E-state index contributed by atoms with van der Waals surface area (Å²) in [6.45, 7) is 5.48. The molecule has 26 heavy (non-hydrogen) atoms. The largest absolute Gasteiger partial charge is 0.297 e. The average molecular weight is 348 g/mol. The van der Waals surface area contributed by atoms with Crippen LogP contribution < -0.4 is 0 Å². The summed E-state index contributed by atoms with van der Waals surface area (Å²) in [7, 11) is 0. The van der Waals surface area contributed by atoms with Gasteiger partial charge in [-0.15, -0.1) is 0 Å². The number of hydrogen-bond donors (Lipinski definition) is 0. The van der Waals surface area contributed by atoms with Gasteiger partial charge in [0.25, 0.3) is 0 Å². The first-order valence-corrected chi connectivity index (χ1v) is 9.60. The molecule has 0 aliphatic carbocycles. The molecule has 1 atom stereocenters. The van der Waals surface area contributed by atoms with Crippen LogP contribution in [0.5, 0.6) is 0 Å². The Morgan fingerprint density at radius 2 is 1.92 bits per heavy atom. The minimum Gasteiger partial charge on any atom is -0.297 e. The Bertz CT molecular complexity index is 906. The number of benzene rings is 2. The van der Waals surface area contributed by atoms with Crippen molar-refractivity contribution in [2.45, 2.75) is 38.4 Å². The van der Waals surface area contributed by atoms with Gasteiger partial charge in [-0.3, -0.25) is 9.80 Å². The van der Waals surface area contributed by atoms with E-state index in [0.717, 1.165) is 37.2 Å². The fourth-order valence-corrected chi connectivity index (χ4v) is 4.53. The molecular weight excluding hydrogens is 324 g/mol. The van der Waals surface area contributed by atoms with Crippen LogP contribution in [0.3, 0.4) is 0 Å². The molecule has 5 rings (SSSR count). The Kier molecular flexibility index (Phi) is 4.19. The Labute approximate surface area is 153 Å². The fourth-order valence-electron chi connectivity index (χ4n) is 4.53. The first-order chi connectivity index (χ1) is 12.9. The van der Waals surface area contributed by atoms with Crippen molar-refractivity contribution in [2.24, 2.45) is 0 Å². The minimum atomic E-state index is 0.645. The molecular formula is C21H24N4O. The number of aromatic nitrogens is 2. The number of fused-ring (bicyclic) bond motifs is 2. The number of piperidine rings is 1. The molecule has 3 heterocycles. The van der Waals surface area contributed by atoms with E-state index in [1.807, 2.05) is 12.1 Å². The molecule has 134 valence electrons. The van der Waals surface area contributed by atoms with E-state index in [4.69, 9.17) is 4.63 Å². The van der Waals surface area contributed by atoms with E-state index in [-0.39, 0.29) is 0 Å². The van der Waals surface area contributed by atoms with Crippen LogP contribution in [0.15, 0.2) is 47.1 Å². The Morgan fingerprint density at radius 1 is 1.00 bits per heavy atom. The normalized spacial score (nSPS) is 21.8. The van der Waals surface area contributed by atoms with Crippen molar-refractivity contribution in [3.63, 3.8) is 0 Å². The summed E-state index contributed by atoms with van der Waals surface area (Å²) in [5.41, 5.74) is 6.01. The highest BCUT2D eigenvalue weighted by molar-refractivity contribution is 5.76. The second-order valence-electron chi connectivity index (χ2n) is 7.57.